The first-order chi connectivity index (χ1) is 11.1. The van der Waals surface area contributed by atoms with E-state index in [1.165, 1.54) is 29.8 Å². The zero-order chi connectivity index (χ0) is 16.3. The van der Waals surface area contributed by atoms with Crippen LogP contribution in [0.25, 0.3) is 10.6 Å². The molecule has 23 heavy (non-hydrogen) atoms. The van der Waals surface area contributed by atoms with E-state index in [0.29, 0.717) is 0 Å². The Morgan fingerprint density at radius 1 is 1.13 bits per heavy atom. The standard InChI is InChI=1S/C15H14N4O2S2/c1-11-14(22-15(19-11)12-4-2-6-16-8-12)10-18-23(20,21)13-5-3-7-17-9-13/h2-9,18H,10H2,1H3. The minimum atomic E-state index is -3.58. The second-order valence-corrected chi connectivity index (χ2v) is 7.63. The van der Waals surface area contributed by atoms with Crippen molar-refractivity contribution in [1.82, 2.24) is 19.7 Å². The molecule has 8 heteroatoms. The summed E-state index contributed by atoms with van der Waals surface area (Å²) in [4.78, 5) is 13.4. The van der Waals surface area contributed by atoms with Gasteiger partial charge in [-0.2, -0.15) is 0 Å². The maximum absolute atomic E-state index is 12.2. The van der Waals surface area contributed by atoms with Crippen LogP contribution in [0.4, 0.5) is 0 Å². The Labute approximate surface area is 138 Å². The zero-order valence-corrected chi connectivity index (χ0v) is 13.9. The summed E-state index contributed by atoms with van der Waals surface area (Å²) in [5.74, 6) is 0. The van der Waals surface area contributed by atoms with E-state index in [4.69, 9.17) is 0 Å². The van der Waals surface area contributed by atoms with Gasteiger partial charge < -0.3 is 0 Å². The van der Waals surface area contributed by atoms with Gasteiger partial charge in [-0.1, -0.05) is 0 Å². The van der Waals surface area contributed by atoms with E-state index < -0.39 is 10.0 Å². The molecule has 1 N–H and O–H groups in total. The van der Waals surface area contributed by atoms with E-state index in [2.05, 4.69) is 19.7 Å². The van der Waals surface area contributed by atoms with Crippen LogP contribution in [0.3, 0.4) is 0 Å². The number of rotatable bonds is 5. The van der Waals surface area contributed by atoms with Crippen molar-refractivity contribution in [1.29, 1.82) is 0 Å². The monoisotopic (exact) mass is 346 g/mol. The number of hydrogen-bond acceptors (Lipinski definition) is 6. The Morgan fingerprint density at radius 3 is 2.52 bits per heavy atom. The molecule has 0 amide bonds. The molecule has 0 aliphatic carbocycles. The number of hydrogen-bond donors (Lipinski definition) is 1. The van der Waals surface area contributed by atoms with Crippen LogP contribution in [0.15, 0.2) is 53.9 Å². The van der Waals surface area contributed by atoms with Crippen LogP contribution in [0, 0.1) is 6.92 Å². The second-order valence-electron chi connectivity index (χ2n) is 4.78. The summed E-state index contributed by atoms with van der Waals surface area (Å²) in [5, 5.41) is 0.825. The lowest BCUT2D eigenvalue weighted by Gasteiger charge is -2.05. The average molecular weight is 346 g/mol. The summed E-state index contributed by atoms with van der Waals surface area (Å²) < 4.78 is 27.0. The van der Waals surface area contributed by atoms with Crippen LogP contribution in [0.1, 0.15) is 10.6 Å². The van der Waals surface area contributed by atoms with Crippen molar-refractivity contribution in [2.45, 2.75) is 18.4 Å². The molecule has 0 fully saturated rings. The molecule has 6 nitrogen and oxygen atoms in total. The minimum absolute atomic E-state index is 0.148. The van der Waals surface area contributed by atoms with Gasteiger partial charge in [-0.15, -0.1) is 11.3 Å². The van der Waals surface area contributed by atoms with Gasteiger partial charge in [-0.25, -0.2) is 18.1 Å². The molecule has 0 aromatic carbocycles. The smallest absolute Gasteiger partial charge is 0.242 e. The molecule has 3 aromatic heterocycles. The van der Waals surface area contributed by atoms with Crippen LogP contribution in [0.5, 0.6) is 0 Å². The molecule has 118 valence electrons. The van der Waals surface area contributed by atoms with Gasteiger partial charge in [0, 0.05) is 41.8 Å². The summed E-state index contributed by atoms with van der Waals surface area (Å²) in [6, 6.07) is 6.87. The minimum Gasteiger partial charge on any atom is -0.264 e. The Hall–Kier alpha value is -2.16. The topological polar surface area (TPSA) is 84.8 Å². The summed E-state index contributed by atoms with van der Waals surface area (Å²) in [6.07, 6.45) is 6.30. The number of pyridine rings is 2. The van der Waals surface area contributed by atoms with E-state index in [0.717, 1.165) is 21.1 Å². The molecule has 0 saturated heterocycles. The first-order valence-corrected chi connectivity index (χ1v) is 9.12. The van der Waals surface area contributed by atoms with E-state index >= 15 is 0 Å². The van der Waals surface area contributed by atoms with Crippen molar-refractivity contribution < 1.29 is 8.42 Å². The molecule has 0 aliphatic rings. The number of aryl methyl sites for hydroxylation is 1. The molecule has 0 radical (unpaired) electrons. The number of thiazole rings is 1. The van der Waals surface area contributed by atoms with Gasteiger partial charge in [0.25, 0.3) is 0 Å². The largest absolute Gasteiger partial charge is 0.264 e. The van der Waals surface area contributed by atoms with Crippen molar-refractivity contribution in [3.05, 3.63) is 59.6 Å². The van der Waals surface area contributed by atoms with Crippen molar-refractivity contribution in [2.24, 2.45) is 0 Å². The average Bonchev–Trinajstić information content (AvgIpc) is 2.96. The number of nitrogens with zero attached hydrogens (tertiary/aromatic N) is 3. The van der Waals surface area contributed by atoms with Crippen LogP contribution in [0.2, 0.25) is 0 Å². The Morgan fingerprint density at radius 2 is 1.87 bits per heavy atom. The molecule has 0 unspecified atom stereocenters. The van der Waals surface area contributed by atoms with Crippen LogP contribution >= 0.6 is 11.3 Å². The second kappa shape index (κ2) is 6.53. The van der Waals surface area contributed by atoms with Gasteiger partial charge in [0.05, 0.1) is 5.69 Å². The molecule has 3 rings (SSSR count). The highest BCUT2D eigenvalue weighted by molar-refractivity contribution is 7.89. The summed E-state index contributed by atoms with van der Waals surface area (Å²) in [7, 11) is -3.58. The third kappa shape index (κ3) is 3.61. The van der Waals surface area contributed by atoms with Crippen molar-refractivity contribution in [3.8, 4) is 10.6 Å². The fourth-order valence-corrected chi connectivity index (χ4v) is 4.00. The SMILES string of the molecule is Cc1nc(-c2cccnc2)sc1CNS(=O)(=O)c1cccnc1. The summed E-state index contributed by atoms with van der Waals surface area (Å²) in [5.41, 5.74) is 1.73. The van der Waals surface area contributed by atoms with Gasteiger partial charge in [-0.05, 0) is 31.2 Å². The highest BCUT2D eigenvalue weighted by atomic mass is 32.2. The highest BCUT2D eigenvalue weighted by Gasteiger charge is 2.16. The lowest BCUT2D eigenvalue weighted by molar-refractivity contribution is 0.581. The van der Waals surface area contributed by atoms with E-state index in [-0.39, 0.29) is 11.4 Å². The number of nitrogens with one attached hydrogen (secondary N) is 1. The zero-order valence-electron chi connectivity index (χ0n) is 12.3. The van der Waals surface area contributed by atoms with Crippen molar-refractivity contribution in [2.75, 3.05) is 0 Å². The van der Waals surface area contributed by atoms with Gasteiger partial charge in [-0.3, -0.25) is 9.97 Å². The third-order valence-corrected chi connectivity index (χ3v) is 5.76. The van der Waals surface area contributed by atoms with Gasteiger partial charge in [0.15, 0.2) is 0 Å². The van der Waals surface area contributed by atoms with Crippen LogP contribution in [-0.2, 0) is 16.6 Å². The van der Waals surface area contributed by atoms with E-state index in [1.807, 2.05) is 19.1 Å². The van der Waals surface area contributed by atoms with E-state index in [1.54, 1.807) is 18.5 Å². The maximum Gasteiger partial charge on any atom is 0.242 e. The normalized spacial score (nSPS) is 11.5. The molecule has 0 aliphatic heterocycles. The fraction of sp³-hybridized carbons (Fsp3) is 0.133. The lowest BCUT2D eigenvalue weighted by Crippen LogP contribution is -2.23. The van der Waals surface area contributed by atoms with Gasteiger partial charge in [0.1, 0.15) is 9.90 Å². The molecule has 0 saturated carbocycles. The lowest BCUT2D eigenvalue weighted by atomic mass is 10.3. The quantitative estimate of drug-likeness (QED) is 0.767. The number of sulfonamides is 1. The summed E-state index contributed by atoms with van der Waals surface area (Å²) in [6.45, 7) is 2.06. The molecule has 0 bridgehead atoms. The van der Waals surface area contributed by atoms with Crippen LogP contribution < -0.4 is 4.72 Å². The predicted octanol–water partition coefficient (Wildman–Crippen LogP) is 2.39. The van der Waals surface area contributed by atoms with Crippen molar-refractivity contribution >= 4 is 21.4 Å². The first kappa shape index (κ1) is 15.7. The predicted molar refractivity (Wildman–Crippen MR) is 88.3 cm³/mol. The van der Waals surface area contributed by atoms with E-state index in [9.17, 15) is 8.42 Å². The van der Waals surface area contributed by atoms with Gasteiger partial charge >= 0.3 is 0 Å². The third-order valence-electron chi connectivity index (χ3n) is 3.17. The van der Waals surface area contributed by atoms with Crippen LogP contribution in [-0.4, -0.2) is 23.4 Å². The Bertz CT molecular complexity index is 894. The molecular weight excluding hydrogens is 332 g/mol. The van der Waals surface area contributed by atoms with Crippen molar-refractivity contribution in [3.63, 3.8) is 0 Å². The Kier molecular flexibility index (Phi) is 4.46. The molecule has 0 atom stereocenters. The number of aromatic nitrogens is 3. The molecule has 3 aromatic rings. The van der Waals surface area contributed by atoms with Gasteiger partial charge in [0.2, 0.25) is 10.0 Å². The first-order valence-electron chi connectivity index (χ1n) is 6.82. The summed E-state index contributed by atoms with van der Waals surface area (Å²) >= 11 is 1.45. The fourth-order valence-electron chi connectivity index (χ4n) is 1.95. The Balaban J connectivity index is 1.78. The maximum atomic E-state index is 12.2. The highest BCUT2D eigenvalue weighted by Crippen LogP contribution is 2.27. The molecule has 0 spiro atoms. The molecular formula is C15H14N4O2S2. The molecule has 3 heterocycles.